The molecule has 0 unspecified atom stereocenters. The van der Waals surface area contributed by atoms with Crippen molar-refractivity contribution in [3.8, 4) is 21.8 Å². The highest BCUT2D eigenvalue weighted by atomic mass is 35.5. The molecule has 0 radical (unpaired) electrons. The predicted molar refractivity (Wildman–Crippen MR) is 90.0 cm³/mol. The molecule has 0 saturated heterocycles. The van der Waals surface area contributed by atoms with E-state index < -0.39 is 0 Å². The fraction of sp³-hybridized carbons (Fsp3) is 0. The summed E-state index contributed by atoms with van der Waals surface area (Å²) >= 11 is 8.12. The second kappa shape index (κ2) is 5.06. The van der Waals surface area contributed by atoms with E-state index in [2.05, 4.69) is 23.6 Å². The van der Waals surface area contributed by atoms with Gasteiger partial charge in [0.1, 0.15) is 11.3 Å². The monoisotopic (exact) mass is 310 g/mol. The summed E-state index contributed by atoms with van der Waals surface area (Å²) in [6.07, 6.45) is 0. The van der Waals surface area contributed by atoms with Gasteiger partial charge in [0.05, 0.1) is 5.02 Å². The fourth-order valence-corrected chi connectivity index (χ4v) is 3.59. The van der Waals surface area contributed by atoms with Gasteiger partial charge in [-0.1, -0.05) is 54.1 Å². The molecule has 0 aliphatic carbocycles. The molecule has 0 aliphatic rings. The molecule has 0 N–H and O–H groups in total. The van der Waals surface area contributed by atoms with Crippen LogP contribution < -0.4 is 0 Å². The molecule has 0 aliphatic heterocycles. The van der Waals surface area contributed by atoms with Crippen LogP contribution in [0, 0.1) is 0 Å². The molecule has 2 heterocycles. The van der Waals surface area contributed by atoms with Crippen LogP contribution in [0.3, 0.4) is 0 Å². The highest BCUT2D eigenvalue weighted by Crippen LogP contribution is 2.44. The highest BCUT2D eigenvalue weighted by molar-refractivity contribution is 7.13. The first-order valence-electron chi connectivity index (χ1n) is 6.65. The molecule has 21 heavy (non-hydrogen) atoms. The van der Waals surface area contributed by atoms with Crippen molar-refractivity contribution >= 4 is 33.9 Å². The second-order valence-electron chi connectivity index (χ2n) is 4.76. The normalized spacial score (nSPS) is 11.1. The van der Waals surface area contributed by atoms with Gasteiger partial charge in [-0.25, -0.2) is 0 Å². The van der Waals surface area contributed by atoms with Gasteiger partial charge in [-0.05, 0) is 23.6 Å². The van der Waals surface area contributed by atoms with Gasteiger partial charge in [0.25, 0.3) is 0 Å². The lowest BCUT2D eigenvalue weighted by Crippen LogP contribution is -1.78. The van der Waals surface area contributed by atoms with E-state index in [9.17, 15) is 0 Å². The first kappa shape index (κ1) is 12.7. The van der Waals surface area contributed by atoms with E-state index in [1.165, 1.54) is 4.88 Å². The quantitative estimate of drug-likeness (QED) is 0.413. The number of rotatable bonds is 2. The molecule has 102 valence electrons. The summed E-state index contributed by atoms with van der Waals surface area (Å²) in [6.45, 7) is 0. The van der Waals surface area contributed by atoms with E-state index in [1.54, 1.807) is 11.3 Å². The minimum atomic E-state index is 0.724. The van der Waals surface area contributed by atoms with Crippen molar-refractivity contribution in [3.05, 3.63) is 71.1 Å². The lowest BCUT2D eigenvalue weighted by Gasteiger charge is -2.01. The Labute approximate surface area is 131 Å². The lowest BCUT2D eigenvalue weighted by atomic mass is 10.0. The van der Waals surface area contributed by atoms with Gasteiger partial charge >= 0.3 is 0 Å². The van der Waals surface area contributed by atoms with Gasteiger partial charge in [-0.3, -0.25) is 0 Å². The summed E-state index contributed by atoms with van der Waals surface area (Å²) in [5.74, 6) is 0.876. The van der Waals surface area contributed by atoms with Crippen molar-refractivity contribution < 1.29 is 4.42 Å². The Morgan fingerprint density at radius 1 is 0.857 bits per heavy atom. The van der Waals surface area contributed by atoms with Gasteiger partial charge in [0, 0.05) is 21.4 Å². The zero-order valence-corrected chi connectivity index (χ0v) is 12.6. The van der Waals surface area contributed by atoms with Crippen LogP contribution in [-0.4, -0.2) is 0 Å². The minimum Gasteiger partial charge on any atom is -0.455 e. The molecule has 0 saturated carbocycles. The van der Waals surface area contributed by atoms with E-state index in [0.717, 1.165) is 32.9 Å². The Morgan fingerprint density at radius 2 is 1.71 bits per heavy atom. The average Bonchev–Trinajstić information content (AvgIpc) is 3.15. The predicted octanol–water partition coefficient (Wildman–Crippen LogP) is 6.48. The fourth-order valence-electron chi connectivity index (χ4n) is 2.56. The third-order valence-electron chi connectivity index (χ3n) is 3.47. The third kappa shape index (κ3) is 2.08. The SMILES string of the molecule is Clc1cccc2oc(-c3ccccc3)c(-c3cccs3)c12. The van der Waals surface area contributed by atoms with Crippen LogP contribution in [0.15, 0.2) is 70.5 Å². The third-order valence-corrected chi connectivity index (χ3v) is 4.67. The zero-order chi connectivity index (χ0) is 14.2. The Bertz CT molecular complexity index is 892. The summed E-state index contributed by atoms with van der Waals surface area (Å²) in [5.41, 5.74) is 2.97. The first-order valence-corrected chi connectivity index (χ1v) is 7.90. The molecule has 0 atom stereocenters. The van der Waals surface area contributed by atoms with Gasteiger partial charge in [0.2, 0.25) is 0 Å². The van der Waals surface area contributed by atoms with Gasteiger partial charge in [-0.2, -0.15) is 0 Å². The Morgan fingerprint density at radius 3 is 2.48 bits per heavy atom. The van der Waals surface area contributed by atoms with E-state index in [0.29, 0.717) is 0 Å². The molecule has 4 aromatic rings. The number of fused-ring (bicyclic) bond motifs is 1. The number of benzene rings is 2. The van der Waals surface area contributed by atoms with Gasteiger partial charge < -0.3 is 4.42 Å². The topological polar surface area (TPSA) is 13.1 Å². The molecule has 2 aromatic carbocycles. The molecule has 4 rings (SSSR count). The lowest BCUT2D eigenvalue weighted by molar-refractivity contribution is 0.632. The van der Waals surface area contributed by atoms with Crippen molar-refractivity contribution in [1.29, 1.82) is 0 Å². The molecule has 0 bridgehead atoms. The van der Waals surface area contributed by atoms with Gasteiger partial charge in [0.15, 0.2) is 0 Å². The van der Waals surface area contributed by atoms with Crippen molar-refractivity contribution in [2.45, 2.75) is 0 Å². The Kier molecular flexibility index (Phi) is 3.06. The summed E-state index contributed by atoms with van der Waals surface area (Å²) in [6, 6.07) is 20.1. The number of hydrogen-bond acceptors (Lipinski definition) is 2. The summed E-state index contributed by atoms with van der Waals surface area (Å²) < 4.78 is 6.11. The van der Waals surface area contributed by atoms with Crippen LogP contribution in [0.4, 0.5) is 0 Å². The maximum atomic E-state index is 6.42. The second-order valence-corrected chi connectivity index (χ2v) is 6.12. The molecule has 0 spiro atoms. The first-order chi connectivity index (χ1) is 10.3. The largest absolute Gasteiger partial charge is 0.455 e. The smallest absolute Gasteiger partial charge is 0.144 e. The molecule has 0 amide bonds. The number of furan rings is 1. The maximum Gasteiger partial charge on any atom is 0.144 e. The van der Waals surface area contributed by atoms with Crippen LogP contribution in [-0.2, 0) is 0 Å². The summed E-state index contributed by atoms with van der Waals surface area (Å²) in [4.78, 5) is 1.17. The van der Waals surface area contributed by atoms with Gasteiger partial charge in [-0.15, -0.1) is 11.3 Å². The van der Waals surface area contributed by atoms with Crippen LogP contribution in [0.2, 0.25) is 5.02 Å². The molecule has 1 nitrogen and oxygen atoms in total. The van der Waals surface area contributed by atoms with Crippen LogP contribution in [0.25, 0.3) is 32.7 Å². The van der Waals surface area contributed by atoms with Crippen molar-refractivity contribution in [1.82, 2.24) is 0 Å². The minimum absolute atomic E-state index is 0.724. The Hall–Kier alpha value is -2.03. The van der Waals surface area contributed by atoms with Crippen LogP contribution >= 0.6 is 22.9 Å². The van der Waals surface area contributed by atoms with E-state index >= 15 is 0 Å². The summed E-state index contributed by atoms with van der Waals surface area (Å²) in [5, 5.41) is 3.78. The van der Waals surface area contributed by atoms with Crippen LogP contribution in [0.1, 0.15) is 0 Å². The highest BCUT2D eigenvalue weighted by Gasteiger charge is 2.19. The van der Waals surface area contributed by atoms with Crippen molar-refractivity contribution in [3.63, 3.8) is 0 Å². The van der Waals surface area contributed by atoms with E-state index in [4.69, 9.17) is 16.0 Å². The molecule has 0 fully saturated rings. The molecule has 2 aromatic heterocycles. The molecular weight excluding hydrogens is 300 g/mol. The van der Waals surface area contributed by atoms with Crippen LogP contribution in [0.5, 0.6) is 0 Å². The maximum absolute atomic E-state index is 6.42. The average molecular weight is 311 g/mol. The zero-order valence-electron chi connectivity index (χ0n) is 11.0. The van der Waals surface area contributed by atoms with E-state index in [-0.39, 0.29) is 0 Å². The standard InChI is InChI=1S/C18H11ClOS/c19-13-8-4-9-14-16(13)17(15-10-5-11-21-15)18(20-14)12-6-2-1-3-7-12/h1-11H. The van der Waals surface area contributed by atoms with Crippen molar-refractivity contribution in [2.75, 3.05) is 0 Å². The summed E-state index contributed by atoms with van der Waals surface area (Å²) in [7, 11) is 0. The van der Waals surface area contributed by atoms with E-state index in [1.807, 2.05) is 42.5 Å². The number of halogens is 1. The Balaban J connectivity index is 2.12. The number of thiophene rings is 1. The number of hydrogen-bond donors (Lipinski definition) is 0. The van der Waals surface area contributed by atoms with Crippen molar-refractivity contribution in [2.24, 2.45) is 0 Å². The molecular formula is C18H11ClOS. The molecule has 3 heteroatoms.